The van der Waals surface area contributed by atoms with Gasteiger partial charge in [-0.15, -0.1) is 0 Å². The van der Waals surface area contributed by atoms with Gasteiger partial charge in [-0.05, 0) is 0 Å². The fourth-order valence-corrected chi connectivity index (χ4v) is 17.3. The molecule has 0 nitrogen and oxygen atoms in total. The number of hydrogen-bond acceptors (Lipinski definition) is 0. The summed E-state index contributed by atoms with van der Waals surface area (Å²) < 4.78 is 5.10. The molecule has 0 spiro atoms. The van der Waals surface area contributed by atoms with Gasteiger partial charge >= 0.3 is 177 Å². The molecular formula is C24H18BrClSn. The van der Waals surface area contributed by atoms with E-state index in [2.05, 4.69) is 101 Å². The normalized spacial score (nSPS) is 13.3. The topological polar surface area (TPSA) is 0 Å². The molecule has 5 rings (SSSR count). The van der Waals surface area contributed by atoms with Gasteiger partial charge in [-0.1, -0.05) is 0 Å². The molecule has 0 unspecified atom stereocenters. The SMILES string of the molecule is [Cl][Sn]([c]1ccccc1)([c]1ccccc1)[c]1ccc2c3c(ccc(Br)c13)CC2. The van der Waals surface area contributed by atoms with Crippen LogP contribution in [0.2, 0.25) is 0 Å². The molecule has 4 aromatic carbocycles. The van der Waals surface area contributed by atoms with Crippen molar-refractivity contribution >= 4 is 63.6 Å². The third kappa shape index (κ3) is 2.78. The second-order valence-corrected chi connectivity index (χ2v) is 20.4. The number of hydrogen-bond donors (Lipinski definition) is 0. The Balaban J connectivity index is 1.91. The van der Waals surface area contributed by atoms with Crippen LogP contribution < -0.4 is 10.7 Å². The van der Waals surface area contributed by atoms with Crippen molar-refractivity contribution in [2.24, 2.45) is 0 Å². The molecule has 3 heteroatoms. The molecule has 0 fully saturated rings. The fourth-order valence-electron chi connectivity index (χ4n) is 4.39. The van der Waals surface area contributed by atoms with Crippen LogP contribution in [0.4, 0.5) is 0 Å². The summed E-state index contributed by atoms with van der Waals surface area (Å²) in [6, 6.07) is 30.6. The van der Waals surface area contributed by atoms with Gasteiger partial charge in [0.15, 0.2) is 0 Å². The molecule has 1 aliphatic rings. The first-order chi connectivity index (χ1) is 13.2. The summed E-state index contributed by atoms with van der Waals surface area (Å²) in [5.74, 6) is 0. The van der Waals surface area contributed by atoms with Crippen LogP contribution in [0.25, 0.3) is 10.8 Å². The van der Waals surface area contributed by atoms with Crippen molar-refractivity contribution in [3.63, 3.8) is 0 Å². The van der Waals surface area contributed by atoms with Crippen molar-refractivity contribution < 1.29 is 0 Å². The molecule has 132 valence electrons. The van der Waals surface area contributed by atoms with E-state index in [0.717, 1.165) is 17.3 Å². The zero-order chi connectivity index (χ0) is 18.4. The van der Waals surface area contributed by atoms with Gasteiger partial charge in [0, 0.05) is 0 Å². The summed E-state index contributed by atoms with van der Waals surface area (Å²) in [6.07, 6.45) is 2.26. The Labute approximate surface area is 175 Å². The molecule has 0 heterocycles. The number of halogens is 2. The Morgan fingerprint density at radius 3 is 1.70 bits per heavy atom. The van der Waals surface area contributed by atoms with Crippen molar-refractivity contribution in [1.82, 2.24) is 0 Å². The van der Waals surface area contributed by atoms with Gasteiger partial charge in [0.05, 0.1) is 0 Å². The number of benzene rings is 4. The van der Waals surface area contributed by atoms with Gasteiger partial charge in [-0.25, -0.2) is 0 Å². The molecule has 27 heavy (non-hydrogen) atoms. The maximum absolute atomic E-state index is 7.78. The van der Waals surface area contributed by atoms with E-state index in [0.29, 0.717) is 0 Å². The molecule has 0 aliphatic heterocycles. The van der Waals surface area contributed by atoms with E-state index in [1.165, 1.54) is 32.6 Å². The Hall–Kier alpha value is -1.29. The Kier molecular flexibility index (Phi) is 4.58. The molecule has 0 amide bonds. The van der Waals surface area contributed by atoms with Gasteiger partial charge in [0.2, 0.25) is 0 Å². The molecule has 4 aromatic rings. The van der Waals surface area contributed by atoms with E-state index >= 15 is 0 Å². The first kappa shape index (κ1) is 17.8. The van der Waals surface area contributed by atoms with Gasteiger partial charge in [-0.3, -0.25) is 0 Å². The average molecular weight is 540 g/mol. The van der Waals surface area contributed by atoms with Crippen LogP contribution in [0.15, 0.2) is 89.4 Å². The van der Waals surface area contributed by atoms with Crippen molar-refractivity contribution in [3.8, 4) is 0 Å². The summed E-state index contributed by atoms with van der Waals surface area (Å²) in [5, 5.41) is 2.76. The van der Waals surface area contributed by atoms with Crippen LogP contribution in [0.1, 0.15) is 11.1 Å². The van der Waals surface area contributed by atoms with Crippen LogP contribution in [-0.4, -0.2) is 17.3 Å². The van der Waals surface area contributed by atoms with Crippen molar-refractivity contribution in [2.75, 3.05) is 0 Å². The first-order valence-electron chi connectivity index (χ1n) is 9.23. The van der Waals surface area contributed by atoms with Crippen molar-refractivity contribution in [1.29, 1.82) is 0 Å². The predicted molar refractivity (Wildman–Crippen MR) is 122 cm³/mol. The van der Waals surface area contributed by atoms with Crippen LogP contribution >= 0.6 is 24.9 Å². The molecule has 0 bridgehead atoms. The van der Waals surface area contributed by atoms with Gasteiger partial charge < -0.3 is 0 Å². The fraction of sp³-hybridized carbons (Fsp3) is 0.0833. The molecular weight excluding hydrogens is 522 g/mol. The first-order valence-corrected chi connectivity index (χ1v) is 17.9. The molecule has 0 saturated carbocycles. The Morgan fingerprint density at radius 1 is 0.630 bits per heavy atom. The molecule has 0 radical (unpaired) electrons. The number of aryl methyl sites for hydroxylation is 2. The van der Waals surface area contributed by atoms with Gasteiger partial charge in [-0.2, -0.15) is 0 Å². The minimum atomic E-state index is -3.62. The monoisotopic (exact) mass is 540 g/mol. The zero-order valence-corrected chi connectivity index (χ0v) is 19.9. The van der Waals surface area contributed by atoms with Crippen LogP contribution in [0.3, 0.4) is 0 Å². The standard InChI is InChI=1S/C12H8Br.2C6H5.ClH.Sn/c13-11-7-6-9-5-4-8-2-1-3-10(11)12(8)9;2*1-2-4-6-5-3-1;;/h1-2,6-7H,4-5H2;2*1-5H;1H;/q;;;;+1/p-1. The van der Waals surface area contributed by atoms with Gasteiger partial charge in [0.1, 0.15) is 0 Å². The van der Waals surface area contributed by atoms with Crippen LogP contribution in [-0.2, 0) is 12.8 Å². The number of rotatable bonds is 3. The van der Waals surface area contributed by atoms with Gasteiger partial charge in [0.25, 0.3) is 0 Å². The second kappa shape index (κ2) is 6.95. The summed E-state index contributed by atoms with van der Waals surface area (Å²) in [7, 11) is 7.78. The van der Waals surface area contributed by atoms with E-state index in [1.54, 1.807) is 0 Å². The zero-order valence-electron chi connectivity index (χ0n) is 14.8. The average Bonchev–Trinajstić information content (AvgIpc) is 3.15. The summed E-state index contributed by atoms with van der Waals surface area (Å²) in [6.45, 7) is 0. The van der Waals surface area contributed by atoms with E-state index in [4.69, 9.17) is 8.92 Å². The van der Waals surface area contributed by atoms with E-state index in [1.807, 2.05) is 0 Å². The van der Waals surface area contributed by atoms with Crippen LogP contribution in [0, 0.1) is 0 Å². The summed E-state index contributed by atoms with van der Waals surface area (Å²) in [4.78, 5) is 0. The molecule has 0 atom stereocenters. The van der Waals surface area contributed by atoms with E-state index < -0.39 is 17.3 Å². The second-order valence-electron chi connectivity index (χ2n) is 7.12. The molecule has 0 saturated heterocycles. The minimum absolute atomic E-state index is 1.13. The predicted octanol–water partition coefficient (Wildman–Crippen LogP) is 4.91. The van der Waals surface area contributed by atoms with Crippen molar-refractivity contribution in [3.05, 3.63) is 101 Å². The third-order valence-electron chi connectivity index (χ3n) is 5.66. The van der Waals surface area contributed by atoms with Crippen LogP contribution in [0.5, 0.6) is 0 Å². The van der Waals surface area contributed by atoms with E-state index in [9.17, 15) is 0 Å². The molecule has 0 aromatic heterocycles. The maximum atomic E-state index is 7.78. The summed E-state index contributed by atoms with van der Waals surface area (Å²) in [5.41, 5.74) is 2.91. The molecule has 0 N–H and O–H groups in total. The van der Waals surface area contributed by atoms with Crippen molar-refractivity contribution in [2.45, 2.75) is 12.8 Å². The third-order valence-corrected chi connectivity index (χ3v) is 20.4. The molecule has 1 aliphatic carbocycles. The quantitative estimate of drug-likeness (QED) is 0.324. The van der Waals surface area contributed by atoms with E-state index in [-0.39, 0.29) is 0 Å². The Bertz CT molecular complexity index is 1090. The summed E-state index contributed by atoms with van der Waals surface area (Å²) >= 11 is 0.232. The Morgan fingerprint density at radius 2 is 1.15 bits per heavy atom.